The average Bonchev–Trinajstić information content (AvgIpc) is 2.24. The second kappa shape index (κ2) is 6.02. The predicted molar refractivity (Wildman–Crippen MR) is 68.4 cm³/mol. The molecule has 0 aliphatic carbocycles. The Morgan fingerprint density at radius 2 is 2.18 bits per heavy atom. The molecule has 0 heterocycles. The highest BCUT2D eigenvalue weighted by molar-refractivity contribution is 8.00. The number of carbonyl (C=O) groups excluding carboxylic acids is 1. The van der Waals surface area contributed by atoms with Crippen molar-refractivity contribution in [1.29, 1.82) is 0 Å². The first kappa shape index (κ1) is 14.0. The number of benzene rings is 1. The number of amides is 1. The molecular formula is C12H17FN2OS. The minimum Gasteiger partial charge on any atom is -0.348 e. The van der Waals surface area contributed by atoms with Crippen LogP contribution in [0.15, 0.2) is 23.1 Å². The number of rotatable bonds is 4. The summed E-state index contributed by atoms with van der Waals surface area (Å²) in [5.41, 5.74) is 6.21. The van der Waals surface area contributed by atoms with Crippen LogP contribution in [-0.2, 0) is 4.79 Å². The average molecular weight is 256 g/mol. The van der Waals surface area contributed by atoms with Crippen molar-refractivity contribution in [2.45, 2.75) is 17.9 Å². The van der Waals surface area contributed by atoms with E-state index in [4.69, 9.17) is 5.73 Å². The fraction of sp³-hybridized carbons (Fsp3) is 0.417. The lowest BCUT2D eigenvalue weighted by molar-refractivity contribution is -0.125. The molecule has 0 saturated carbocycles. The fourth-order valence-electron chi connectivity index (χ4n) is 1.35. The lowest BCUT2D eigenvalue weighted by Gasteiger charge is -2.14. The zero-order chi connectivity index (χ0) is 13.0. The smallest absolute Gasteiger partial charge is 0.232 e. The highest BCUT2D eigenvalue weighted by atomic mass is 32.2. The van der Waals surface area contributed by atoms with Gasteiger partial charge in [0, 0.05) is 30.6 Å². The van der Waals surface area contributed by atoms with Crippen LogP contribution >= 0.6 is 11.8 Å². The molecule has 3 nitrogen and oxygen atoms in total. The third kappa shape index (κ3) is 3.71. The summed E-state index contributed by atoms with van der Waals surface area (Å²) in [6.45, 7) is 1.73. The van der Waals surface area contributed by atoms with E-state index in [1.165, 1.54) is 22.7 Å². The van der Waals surface area contributed by atoms with E-state index >= 15 is 0 Å². The van der Waals surface area contributed by atoms with Crippen LogP contribution in [0.1, 0.15) is 18.5 Å². The molecule has 1 unspecified atom stereocenters. The molecule has 2 N–H and O–H groups in total. The summed E-state index contributed by atoms with van der Waals surface area (Å²) in [5, 5.41) is 0. The van der Waals surface area contributed by atoms with Crippen molar-refractivity contribution in [3.05, 3.63) is 29.6 Å². The molecule has 0 aromatic heterocycles. The van der Waals surface area contributed by atoms with E-state index in [1.54, 1.807) is 33.2 Å². The molecule has 17 heavy (non-hydrogen) atoms. The molecule has 0 aliphatic heterocycles. The third-order valence-corrected chi connectivity index (χ3v) is 3.38. The number of hydrogen-bond donors (Lipinski definition) is 1. The minimum absolute atomic E-state index is 0.00474. The van der Waals surface area contributed by atoms with Gasteiger partial charge in [-0.2, -0.15) is 0 Å². The molecule has 1 atom stereocenters. The minimum atomic E-state index is -0.381. The number of halogens is 1. The Bertz CT molecular complexity index is 407. The monoisotopic (exact) mass is 256 g/mol. The summed E-state index contributed by atoms with van der Waals surface area (Å²) >= 11 is 1.31. The Morgan fingerprint density at radius 1 is 1.53 bits per heavy atom. The van der Waals surface area contributed by atoms with E-state index in [0.29, 0.717) is 5.56 Å². The van der Waals surface area contributed by atoms with E-state index in [1.807, 2.05) is 0 Å². The van der Waals surface area contributed by atoms with Crippen molar-refractivity contribution in [2.24, 2.45) is 5.73 Å². The second-order valence-corrected chi connectivity index (χ2v) is 5.03. The number of nitrogens with two attached hydrogens (primary N) is 1. The van der Waals surface area contributed by atoms with E-state index in [2.05, 4.69) is 0 Å². The van der Waals surface area contributed by atoms with Crippen LogP contribution in [0.4, 0.5) is 4.39 Å². The Labute approximate surface area is 105 Å². The largest absolute Gasteiger partial charge is 0.348 e. The third-order valence-electron chi connectivity index (χ3n) is 2.32. The van der Waals surface area contributed by atoms with Crippen LogP contribution in [0.5, 0.6) is 0 Å². The lowest BCUT2D eigenvalue weighted by Crippen LogP contribution is -2.23. The quantitative estimate of drug-likeness (QED) is 0.838. The van der Waals surface area contributed by atoms with Gasteiger partial charge in [0.25, 0.3) is 0 Å². The van der Waals surface area contributed by atoms with Crippen LogP contribution in [-0.4, -0.2) is 30.7 Å². The first-order valence-corrected chi connectivity index (χ1v) is 6.29. The molecule has 5 heteroatoms. The van der Waals surface area contributed by atoms with Gasteiger partial charge < -0.3 is 10.6 Å². The Balaban J connectivity index is 2.84. The summed E-state index contributed by atoms with van der Waals surface area (Å²) < 4.78 is 13.6. The highest BCUT2D eigenvalue weighted by Gasteiger charge is 2.14. The second-order valence-electron chi connectivity index (χ2n) is 4.02. The summed E-state index contributed by atoms with van der Waals surface area (Å²) in [6.07, 6.45) is 0. The Hall–Kier alpha value is -1.07. The zero-order valence-corrected chi connectivity index (χ0v) is 11.1. The maximum absolute atomic E-state index is 13.6. The summed E-state index contributed by atoms with van der Waals surface area (Å²) in [5.74, 6) is -0.0342. The number of nitrogens with zero attached hydrogens (tertiary/aromatic N) is 1. The normalized spacial score (nSPS) is 12.3. The summed E-state index contributed by atoms with van der Waals surface area (Å²) in [6, 6.07) is 4.42. The van der Waals surface area contributed by atoms with Crippen LogP contribution in [0.25, 0.3) is 0 Å². The Morgan fingerprint density at radius 3 is 2.71 bits per heavy atom. The maximum Gasteiger partial charge on any atom is 0.232 e. The number of carbonyl (C=O) groups is 1. The molecule has 0 saturated heterocycles. The van der Waals surface area contributed by atoms with Crippen molar-refractivity contribution in [1.82, 2.24) is 4.90 Å². The van der Waals surface area contributed by atoms with Gasteiger partial charge in [-0.25, -0.2) is 4.39 Å². The molecule has 94 valence electrons. The van der Waals surface area contributed by atoms with E-state index in [0.717, 1.165) is 4.90 Å². The van der Waals surface area contributed by atoms with E-state index < -0.39 is 0 Å². The molecular weight excluding hydrogens is 239 g/mol. The van der Waals surface area contributed by atoms with Gasteiger partial charge in [-0.15, -0.1) is 11.8 Å². The molecule has 0 spiro atoms. The van der Waals surface area contributed by atoms with Crippen LogP contribution in [0, 0.1) is 5.82 Å². The molecule has 0 radical (unpaired) electrons. The zero-order valence-electron chi connectivity index (χ0n) is 10.2. The Kier molecular flexibility index (Phi) is 4.96. The lowest BCUT2D eigenvalue weighted by atomic mass is 10.1. The molecule has 0 fully saturated rings. The van der Waals surface area contributed by atoms with Gasteiger partial charge in [-0.3, -0.25) is 4.79 Å². The van der Waals surface area contributed by atoms with Crippen LogP contribution in [0.3, 0.4) is 0 Å². The number of thioether (sulfide) groups is 1. The first-order valence-electron chi connectivity index (χ1n) is 5.30. The maximum atomic E-state index is 13.6. The summed E-state index contributed by atoms with van der Waals surface area (Å²) in [7, 11) is 3.39. The van der Waals surface area contributed by atoms with E-state index in [9.17, 15) is 9.18 Å². The van der Waals surface area contributed by atoms with Crippen molar-refractivity contribution in [2.75, 3.05) is 19.8 Å². The van der Waals surface area contributed by atoms with Gasteiger partial charge in [0.2, 0.25) is 5.91 Å². The molecule has 0 bridgehead atoms. The van der Waals surface area contributed by atoms with Crippen molar-refractivity contribution < 1.29 is 9.18 Å². The van der Waals surface area contributed by atoms with Crippen LogP contribution < -0.4 is 5.73 Å². The number of hydrogen-bond acceptors (Lipinski definition) is 3. The van der Waals surface area contributed by atoms with Crippen molar-refractivity contribution >= 4 is 17.7 Å². The van der Waals surface area contributed by atoms with Crippen LogP contribution in [0.2, 0.25) is 0 Å². The predicted octanol–water partition coefficient (Wildman–Crippen LogP) is 2.03. The molecule has 1 aromatic carbocycles. The SMILES string of the molecule is CC(N)c1c(F)cccc1SCC(=O)N(C)C. The van der Waals surface area contributed by atoms with Gasteiger partial charge in [0.15, 0.2) is 0 Å². The van der Waals surface area contributed by atoms with Gasteiger partial charge in [0.05, 0.1) is 5.75 Å². The molecule has 1 rings (SSSR count). The van der Waals surface area contributed by atoms with E-state index in [-0.39, 0.29) is 23.5 Å². The molecule has 0 aliphatic rings. The van der Waals surface area contributed by atoms with Gasteiger partial charge in [0.1, 0.15) is 5.82 Å². The fourth-order valence-corrected chi connectivity index (χ4v) is 2.50. The highest BCUT2D eigenvalue weighted by Crippen LogP contribution is 2.28. The van der Waals surface area contributed by atoms with Gasteiger partial charge in [-0.05, 0) is 19.1 Å². The van der Waals surface area contributed by atoms with Gasteiger partial charge in [-0.1, -0.05) is 6.07 Å². The molecule has 1 aromatic rings. The molecule has 1 amide bonds. The summed E-state index contributed by atoms with van der Waals surface area (Å²) in [4.78, 5) is 13.7. The van der Waals surface area contributed by atoms with Gasteiger partial charge >= 0.3 is 0 Å². The van der Waals surface area contributed by atoms with Crippen molar-refractivity contribution in [3.63, 3.8) is 0 Å². The van der Waals surface area contributed by atoms with Crippen molar-refractivity contribution in [3.8, 4) is 0 Å². The standard InChI is InChI=1S/C12H17FN2OS/c1-8(14)12-9(13)5-4-6-10(12)17-7-11(16)15(2)3/h4-6,8H,7,14H2,1-3H3. The first-order chi connectivity index (χ1) is 7.93. The topological polar surface area (TPSA) is 46.3 Å².